The maximum Gasteiger partial charge on any atom is 0.230 e. The number of amides is 2. The summed E-state index contributed by atoms with van der Waals surface area (Å²) < 4.78 is 6.21. The number of thiophene rings is 1. The van der Waals surface area contributed by atoms with Crippen molar-refractivity contribution >= 4 is 23.2 Å². The fraction of sp³-hybridized carbons (Fsp3) is 0.381. The van der Waals surface area contributed by atoms with Crippen molar-refractivity contribution in [1.82, 2.24) is 14.8 Å². The first-order chi connectivity index (χ1) is 13.6. The molecular formula is C21H21N3O3S. The van der Waals surface area contributed by atoms with Crippen LogP contribution in [0.3, 0.4) is 0 Å². The van der Waals surface area contributed by atoms with Crippen LogP contribution in [0.25, 0.3) is 0 Å². The number of ether oxygens (including phenoxy) is 1. The van der Waals surface area contributed by atoms with E-state index < -0.39 is 17.4 Å². The van der Waals surface area contributed by atoms with E-state index in [9.17, 15) is 9.59 Å². The quantitative estimate of drug-likeness (QED) is 0.728. The fourth-order valence-corrected chi connectivity index (χ4v) is 5.35. The van der Waals surface area contributed by atoms with Gasteiger partial charge >= 0.3 is 0 Å². The average molecular weight is 395 g/mol. The summed E-state index contributed by atoms with van der Waals surface area (Å²) >= 11 is 1.61. The highest BCUT2D eigenvalue weighted by atomic mass is 32.1. The van der Waals surface area contributed by atoms with Gasteiger partial charge in [-0.2, -0.15) is 11.3 Å². The summed E-state index contributed by atoms with van der Waals surface area (Å²) in [6, 6.07) is 5.84. The molecule has 3 aliphatic heterocycles. The molecule has 2 amide bonds. The number of fused-ring (bicyclic) bond motifs is 1. The zero-order valence-corrected chi connectivity index (χ0v) is 16.3. The molecule has 2 saturated heterocycles. The van der Waals surface area contributed by atoms with Gasteiger partial charge in [0.2, 0.25) is 11.8 Å². The van der Waals surface area contributed by atoms with Gasteiger partial charge in [0, 0.05) is 32.5 Å². The Balaban J connectivity index is 1.37. The molecule has 6 nitrogen and oxygen atoms in total. The maximum absolute atomic E-state index is 13.3. The van der Waals surface area contributed by atoms with Crippen LogP contribution in [0.15, 0.2) is 53.5 Å². The highest BCUT2D eigenvalue weighted by Gasteiger charge is 2.67. The van der Waals surface area contributed by atoms with Gasteiger partial charge in [-0.25, -0.2) is 0 Å². The van der Waals surface area contributed by atoms with Gasteiger partial charge < -0.3 is 14.5 Å². The third-order valence-electron chi connectivity index (χ3n) is 5.94. The zero-order chi connectivity index (χ0) is 19.3. The zero-order valence-electron chi connectivity index (χ0n) is 15.5. The van der Waals surface area contributed by atoms with Crippen LogP contribution in [0.2, 0.25) is 0 Å². The Bertz CT molecular complexity index is 930. The van der Waals surface area contributed by atoms with E-state index in [0.717, 1.165) is 11.1 Å². The number of pyridine rings is 1. The van der Waals surface area contributed by atoms with Gasteiger partial charge in [-0.3, -0.25) is 14.6 Å². The summed E-state index contributed by atoms with van der Waals surface area (Å²) in [6.45, 7) is 1.51. The molecular weight excluding hydrogens is 374 g/mol. The Kier molecular flexibility index (Phi) is 4.10. The minimum atomic E-state index is -0.673. The van der Waals surface area contributed by atoms with Gasteiger partial charge in [0.25, 0.3) is 0 Å². The monoisotopic (exact) mass is 395 g/mol. The molecule has 0 aromatic carbocycles. The SMILES string of the molecule is CN(Cc1ccsc1)C(=O)[C@@H]1[C@@H]2C=C[C@@]3(CN(Cc4cccnc4)C(=O)[C@@H]13)O2. The molecule has 2 aromatic heterocycles. The van der Waals surface area contributed by atoms with Crippen molar-refractivity contribution in [1.29, 1.82) is 0 Å². The van der Waals surface area contributed by atoms with E-state index in [4.69, 9.17) is 4.74 Å². The van der Waals surface area contributed by atoms with Gasteiger partial charge in [-0.1, -0.05) is 18.2 Å². The Morgan fingerprint density at radius 1 is 1.43 bits per heavy atom. The number of rotatable bonds is 5. The maximum atomic E-state index is 13.3. The molecule has 2 bridgehead atoms. The molecule has 5 heterocycles. The third kappa shape index (κ3) is 2.69. The van der Waals surface area contributed by atoms with E-state index in [-0.39, 0.29) is 17.9 Å². The van der Waals surface area contributed by atoms with Crippen LogP contribution >= 0.6 is 11.3 Å². The lowest BCUT2D eigenvalue weighted by Crippen LogP contribution is -2.44. The summed E-state index contributed by atoms with van der Waals surface area (Å²) in [5, 5.41) is 4.04. The first kappa shape index (κ1) is 17.6. The molecule has 0 saturated carbocycles. The number of carbonyl (C=O) groups excluding carboxylic acids is 2. The van der Waals surface area contributed by atoms with Crippen LogP contribution in [0, 0.1) is 11.8 Å². The number of carbonyl (C=O) groups is 2. The molecule has 5 rings (SSSR count). The lowest BCUT2D eigenvalue weighted by molar-refractivity contribution is -0.142. The van der Waals surface area contributed by atoms with E-state index in [1.165, 1.54) is 0 Å². The first-order valence-electron chi connectivity index (χ1n) is 9.38. The smallest absolute Gasteiger partial charge is 0.230 e. The average Bonchev–Trinajstić information content (AvgIpc) is 3.45. The summed E-state index contributed by atoms with van der Waals surface area (Å²) in [5.74, 6) is -0.932. The van der Waals surface area contributed by atoms with E-state index in [0.29, 0.717) is 19.6 Å². The number of hydrogen-bond acceptors (Lipinski definition) is 5. The molecule has 2 fully saturated rings. The molecule has 0 N–H and O–H groups in total. The predicted octanol–water partition coefficient (Wildman–Crippen LogP) is 2.08. The first-order valence-corrected chi connectivity index (χ1v) is 10.3. The minimum absolute atomic E-state index is 0.00186. The Morgan fingerprint density at radius 3 is 3.07 bits per heavy atom. The van der Waals surface area contributed by atoms with E-state index >= 15 is 0 Å². The second kappa shape index (κ2) is 6.53. The number of hydrogen-bond donors (Lipinski definition) is 0. The van der Waals surface area contributed by atoms with Gasteiger partial charge in [0.1, 0.15) is 5.60 Å². The lowest BCUT2D eigenvalue weighted by Gasteiger charge is -2.27. The third-order valence-corrected chi connectivity index (χ3v) is 6.67. The molecule has 1 spiro atoms. The largest absolute Gasteiger partial charge is 0.360 e. The molecule has 3 aliphatic rings. The highest BCUT2D eigenvalue weighted by molar-refractivity contribution is 7.07. The molecule has 0 unspecified atom stereocenters. The summed E-state index contributed by atoms with van der Waals surface area (Å²) in [4.78, 5) is 34.1. The number of likely N-dealkylation sites (tertiary alicyclic amines) is 1. The lowest BCUT2D eigenvalue weighted by atomic mass is 9.76. The normalized spacial score (nSPS) is 30.1. The van der Waals surface area contributed by atoms with E-state index in [2.05, 4.69) is 4.98 Å². The van der Waals surface area contributed by atoms with E-state index in [1.54, 1.807) is 40.6 Å². The fourth-order valence-electron chi connectivity index (χ4n) is 4.69. The van der Waals surface area contributed by atoms with E-state index in [1.807, 2.05) is 41.1 Å². The van der Waals surface area contributed by atoms with Gasteiger partial charge in [0.15, 0.2) is 0 Å². The van der Waals surface area contributed by atoms with Crippen LogP contribution in [0.4, 0.5) is 0 Å². The van der Waals surface area contributed by atoms with Crippen LogP contribution in [-0.4, -0.2) is 51.9 Å². The van der Waals surface area contributed by atoms with Crippen molar-refractivity contribution < 1.29 is 14.3 Å². The molecule has 7 heteroatoms. The van der Waals surface area contributed by atoms with Crippen molar-refractivity contribution in [3.05, 3.63) is 64.6 Å². The predicted molar refractivity (Wildman–Crippen MR) is 104 cm³/mol. The number of nitrogens with zero attached hydrogens (tertiary/aromatic N) is 3. The Labute approximate surface area is 167 Å². The molecule has 4 atom stereocenters. The summed E-state index contributed by atoms with van der Waals surface area (Å²) in [5.41, 5.74) is 1.40. The van der Waals surface area contributed by atoms with Crippen molar-refractivity contribution in [3.8, 4) is 0 Å². The minimum Gasteiger partial charge on any atom is -0.360 e. The van der Waals surface area contributed by atoms with Crippen LogP contribution < -0.4 is 0 Å². The molecule has 0 aliphatic carbocycles. The van der Waals surface area contributed by atoms with Gasteiger partial charge in [-0.15, -0.1) is 0 Å². The van der Waals surface area contributed by atoms with Gasteiger partial charge in [-0.05, 0) is 34.0 Å². The van der Waals surface area contributed by atoms with Gasteiger partial charge in [0.05, 0.1) is 24.5 Å². The second-order valence-corrected chi connectivity index (χ2v) is 8.56. The summed E-state index contributed by atoms with van der Waals surface area (Å²) in [7, 11) is 1.80. The number of aromatic nitrogens is 1. The van der Waals surface area contributed by atoms with Crippen molar-refractivity contribution in [2.45, 2.75) is 24.8 Å². The van der Waals surface area contributed by atoms with Crippen molar-refractivity contribution in [3.63, 3.8) is 0 Å². The highest BCUT2D eigenvalue weighted by Crippen LogP contribution is 2.52. The Morgan fingerprint density at radius 2 is 2.32 bits per heavy atom. The summed E-state index contributed by atoms with van der Waals surface area (Å²) in [6.07, 6.45) is 7.12. The molecule has 2 aromatic rings. The Hall–Kier alpha value is -2.51. The van der Waals surface area contributed by atoms with Crippen LogP contribution in [0.5, 0.6) is 0 Å². The van der Waals surface area contributed by atoms with Crippen molar-refractivity contribution in [2.24, 2.45) is 11.8 Å². The molecule has 0 radical (unpaired) electrons. The molecule has 28 heavy (non-hydrogen) atoms. The topological polar surface area (TPSA) is 62.7 Å². The van der Waals surface area contributed by atoms with Crippen LogP contribution in [0.1, 0.15) is 11.1 Å². The standard InChI is InChI=1S/C21H21N3O3S/c1-23(10-15-5-8-28-12-15)19(25)17-16-4-6-21(27-16)13-24(20(26)18(17)21)11-14-3-2-7-22-9-14/h2-9,12,16-18H,10-11,13H2,1H3/t16-,17+,18+,21-/m0/s1. The molecule has 144 valence electrons. The second-order valence-electron chi connectivity index (χ2n) is 7.78. The van der Waals surface area contributed by atoms with Crippen LogP contribution in [-0.2, 0) is 27.4 Å². The van der Waals surface area contributed by atoms with Crippen molar-refractivity contribution in [2.75, 3.05) is 13.6 Å².